The summed E-state index contributed by atoms with van der Waals surface area (Å²) in [5, 5.41) is 3.42. The molecule has 2 aromatic rings. The molecule has 0 amide bonds. The van der Waals surface area contributed by atoms with Crippen LogP contribution in [0.1, 0.15) is 12.2 Å². The topological polar surface area (TPSA) is 64.4 Å². The molecule has 1 spiro atoms. The van der Waals surface area contributed by atoms with E-state index in [1.165, 1.54) is 0 Å². The number of rotatable bonds is 5. The first-order valence-corrected chi connectivity index (χ1v) is 9.28. The predicted octanol–water partition coefficient (Wildman–Crippen LogP) is 1.53. The monoisotopic (exact) mass is 357 g/mol. The predicted molar refractivity (Wildman–Crippen MR) is 98.8 cm³/mol. The van der Waals surface area contributed by atoms with Crippen molar-refractivity contribution in [3.63, 3.8) is 0 Å². The zero-order valence-corrected chi connectivity index (χ0v) is 15.3. The number of ether oxygens (including phenoxy) is 2. The average molecular weight is 357 g/mol. The first kappa shape index (κ1) is 17.5. The van der Waals surface area contributed by atoms with Gasteiger partial charge in [0.05, 0.1) is 26.4 Å². The van der Waals surface area contributed by atoms with E-state index in [1.54, 1.807) is 0 Å². The number of nitrogens with one attached hydrogen (secondary N) is 1. The van der Waals surface area contributed by atoms with Gasteiger partial charge < -0.3 is 19.4 Å². The molecule has 0 aliphatic carbocycles. The van der Waals surface area contributed by atoms with Gasteiger partial charge in [-0.05, 0) is 18.6 Å². The third kappa shape index (κ3) is 4.06. The Labute approximate surface area is 154 Å². The highest BCUT2D eigenvalue weighted by atomic mass is 16.5. The highest BCUT2D eigenvalue weighted by Gasteiger charge is 2.43. The van der Waals surface area contributed by atoms with Gasteiger partial charge in [0.15, 0.2) is 0 Å². The molecule has 7 heteroatoms. The van der Waals surface area contributed by atoms with Gasteiger partial charge in [-0.15, -0.1) is 0 Å². The quantitative estimate of drug-likeness (QED) is 0.876. The zero-order chi connectivity index (χ0) is 17.8. The number of hydrogen-bond donors (Lipinski definition) is 1. The lowest BCUT2D eigenvalue weighted by Gasteiger charge is -2.31. The second-order valence-electron chi connectivity index (χ2n) is 7.38. The standard InChI is InChI=1S/C19H27N5O2/c1-23-7-6-21-18(23)12-24-8-9-25-15-19(14-24)10-16(13-26-19)11-22-17-4-2-3-5-20-17/h2-7,16H,8-15H2,1H3,(H,20,22)/t16-,19+/m1/s1. The maximum absolute atomic E-state index is 6.29. The molecule has 0 radical (unpaired) electrons. The van der Waals surface area contributed by atoms with Crippen molar-refractivity contribution in [2.24, 2.45) is 13.0 Å². The molecule has 1 N–H and O–H groups in total. The lowest BCUT2D eigenvalue weighted by molar-refractivity contribution is -0.0564. The fraction of sp³-hybridized carbons (Fsp3) is 0.579. The minimum absolute atomic E-state index is 0.210. The van der Waals surface area contributed by atoms with Crippen molar-refractivity contribution >= 4 is 5.82 Å². The number of pyridine rings is 1. The average Bonchev–Trinajstić information content (AvgIpc) is 3.18. The molecule has 0 bridgehead atoms. The van der Waals surface area contributed by atoms with E-state index in [-0.39, 0.29) is 5.60 Å². The SMILES string of the molecule is Cn1ccnc1CN1CCOC[C@]2(C[C@H](CNc3ccccn3)CO2)C1. The van der Waals surface area contributed by atoms with Crippen LogP contribution in [0.4, 0.5) is 5.82 Å². The fourth-order valence-electron chi connectivity index (χ4n) is 3.86. The van der Waals surface area contributed by atoms with Crippen molar-refractivity contribution in [1.82, 2.24) is 19.4 Å². The van der Waals surface area contributed by atoms with Crippen LogP contribution in [-0.2, 0) is 23.1 Å². The molecule has 2 saturated heterocycles. The molecule has 0 unspecified atom stereocenters. The first-order valence-electron chi connectivity index (χ1n) is 9.28. The number of aromatic nitrogens is 3. The maximum atomic E-state index is 6.29. The summed E-state index contributed by atoms with van der Waals surface area (Å²) in [7, 11) is 2.04. The Balaban J connectivity index is 1.35. The Bertz CT molecular complexity index is 707. The van der Waals surface area contributed by atoms with E-state index in [0.29, 0.717) is 12.5 Å². The highest BCUT2D eigenvalue weighted by molar-refractivity contribution is 5.33. The molecule has 4 heterocycles. The molecule has 2 aliphatic heterocycles. The summed E-state index contributed by atoms with van der Waals surface area (Å²) in [6.45, 7) is 5.68. The van der Waals surface area contributed by atoms with Crippen LogP contribution in [0, 0.1) is 5.92 Å². The molecular weight excluding hydrogens is 330 g/mol. The van der Waals surface area contributed by atoms with E-state index in [9.17, 15) is 0 Å². The van der Waals surface area contributed by atoms with E-state index < -0.39 is 0 Å². The second kappa shape index (κ2) is 7.73. The van der Waals surface area contributed by atoms with Gasteiger partial charge in [0.25, 0.3) is 0 Å². The van der Waals surface area contributed by atoms with Crippen molar-refractivity contribution in [3.8, 4) is 0 Å². The smallest absolute Gasteiger partial charge is 0.125 e. The Kier molecular flexibility index (Phi) is 5.19. The van der Waals surface area contributed by atoms with Gasteiger partial charge in [-0.2, -0.15) is 0 Å². The van der Waals surface area contributed by atoms with Crippen molar-refractivity contribution in [3.05, 3.63) is 42.6 Å². The minimum Gasteiger partial charge on any atom is -0.377 e. The summed E-state index contributed by atoms with van der Waals surface area (Å²) >= 11 is 0. The van der Waals surface area contributed by atoms with Crippen molar-refractivity contribution in [2.45, 2.75) is 18.6 Å². The molecule has 2 aliphatic rings. The molecule has 0 aromatic carbocycles. The van der Waals surface area contributed by atoms with Crippen molar-refractivity contribution in [1.29, 1.82) is 0 Å². The Hall–Kier alpha value is -1.96. The van der Waals surface area contributed by atoms with Crippen LogP contribution >= 0.6 is 0 Å². The van der Waals surface area contributed by atoms with Crippen LogP contribution in [0.5, 0.6) is 0 Å². The van der Waals surface area contributed by atoms with Gasteiger partial charge in [-0.25, -0.2) is 9.97 Å². The molecule has 2 atom stereocenters. The third-order valence-corrected chi connectivity index (χ3v) is 5.24. The van der Waals surface area contributed by atoms with Crippen molar-refractivity contribution < 1.29 is 9.47 Å². The molecule has 7 nitrogen and oxygen atoms in total. The van der Waals surface area contributed by atoms with Crippen LogP contribution in [-0.4, -0.2) is 64.5 Å². The summed E-state index contributed by atoms with van der Waals surface area (Å²) in [4.78, 5) is 11.2. The molecule has 4 rings (SSSR count). The highest BCUT2D eigenvalue weighted by Crippen LogP contribution is 2.33. The summed E-state index contributed by atoms with van der Waals surface area (Å²) < 4.78 is 14.3. The normalized spacial score (nSPS) is 26.9. The summed E-state index contributed by atoms with van der Waals surface area (Å²) in [5.74, 6) is 2.46. The van der Waals surface area contributed by atoms with E-state index in [0.717, 1.165) is 57.5 Å². The number of nitrogens with zero attached hydrogens (tertiary/aromatic N) is 4. The van der Waals surface area contributed by atoms with E-state index in [4.69, 9.17) is 9.47 Å². The molecule has 2 aromatic heterocycles. The van der Waals surface area contributed by atoms with E-state index >= 15 is 0 Å². The van der Waals surface area contributed by atoms with Crippen LogP contribution in [0.25, 0.3) is 0 Å². The van der Waals surface area contributed by atoms with Crippen LogP contribution in [0.2, 0.25) is 0 Å². The van der Waals surface area contributed by atoms with Crippen LogP contribution in [0.3, 0.4) is 0 Å². The number of imidazole rings is 1. The summed E-state index contributed by atoms with van der Waals surface area (Å²) in [6.07, 6.45) is 6.66. The Morgan fingerprint density at radius 2 is 2.27 bits per heavy atom. The molecule has 0 saturated carbocycles. The fourth-order valence-corrected chi connectivity index (χ4v) is 3.86. The third-order valence-electron chi connectivity index (χ3n) is 5.24. The lowest BCUT2D eigenvalue weighted by Crippen LogP contribution is -2.44. The molecule has 2 fully saturated rings. The van der Waals surface area contributed by atoms with Crippen LogP contribution in [0.15, 0.2) is 36.8 Å². The second-order valence-corrected chi connectivity index (χ2v) is 7.38. The number of hydrogen-bond acceptors (Lipinski definition) is 6. The van der Waals surface area contributed by atoms with Gasteiger partial charge in [0, 0.05) is 51.2 Å². The van der Waals surface area contributed by atoms with Gasteiger partial charge in [-0.1, -0.05) is 6.07 Å². The van der Waals surface area contributed by atoms with Gasteiger partial charge in [0.2, 0.25) is 0 Å². The van der Waals surface area contributed by atoms with Crippen molar-refractivity contribution in [2.75, 3.05) is 44.8 Å². The Morgan fingerprint density at radius 3 is 3.08 bits per heavy atom. The summed E-state index contributed by atoms with van der Waals surface area (Å²) in [6, 6.07) is 5.92. The van der Waals surface area contributed by atoms with E-state index in [2.05, 4.69) is 24.8 Å². The molecule has 140 valence electrons. The van der Waals surface area contributed by atoms with E-state index in [1.807, 2.05) is 43.8 Å². The lowest BCUT2D eigenvalue weighted by atomic mass is 9.94. The molecular formula is C19H27N5O2. The van der Waals surface area contributed by atoms with Gasteiger partial charge >= 0.3 is 0 Å². The minimum atomic E-state index is -0.210. The first-order chi connectivity index (χ1) is 12.7. The maximum Gasteiger partial charge on any atom is 0.125 e. The van der Waals surface area contributed by atoms with Gasteiger partial charge in [0.1, 0.15) is 17.2 Å². The van der Waals surface area contributed by atoms with Gasteiger partial charge in [-0.3, -0.25) is 4.90 Å². The number of aryl methyl sites for hydroxylation is 1. The Morgan fingerprint density at radius 1 is 1.31 bits per heavy atom. The zero-order valence-electron chi connectivity index (χ0n) is 15.3. The molecule has 26 heavy (non-hydrogen) atoms. The number of anilines is 1. The van der Waals surface area contributed by atoms with Crippen LogP contribution < -0.4 is 5.32 Å². The summed E-state index contributed by atoms with van der Waals surface area (Å²) in [5.41, 5.74) is -0.210. The largest absolute Gasteiger partial charge is 0.377 e.